The lowest BCUT2D eigenvalue weighted by molar-refractivity contribution is 0.217. The summed E-state index contributed by atoms with van der Waals surface area (Å²) in [5, 5.41) is 11.9. The molecule has 0 bridgehead atoms. The minimum Gasteiger partial charge on any atom is -0.396 e. The molecule has 0 aliphatic rings. The normalized spacial score (nSPS) is 13.3. The molecule has 0 aromatic heterocycles. The van der Waals surface area contributed by atoms with E-state index in [4.69, 9.17) is 10.8 Å². The SMILES string of the molecule is CC(C)CNC(N)=NCC(C)(C)CCO. The molecule has 0 amide bonds. The summed E-state index contributed by atoms with van der Waals surface area (Å²) in [4.78, 5) is 4.26. The molecule has 0 aromatic rings. The number of aliphatic hydroxyl groups is 1. The van der Waals surface area contributed by atoms with Gasteiger partial charge in [-0.15, -0.1) is 0 Å². The molecule has 0 aliphatic carbocycles. The van der Waals surface area contributed by atoms with Gasteiger partial charge >= 0.3 is 0 Å². The second-order valence-electron chi connectivity index (χ2n) is 5.11. The molecule has 0 saturated heterocycles. The van der Waals surface area contributed by atoms with Crippen molar-refractivity contribution in [1.29, 1.82) is 0 Å². The molecule has 4 N–H and O–H groups in total. The van der Waals surface area contributed by atoms with Crippen LogP contribution >= 0.6 is 0 Å². The predicted octanol–water partition coefficient (Wildman–Crippen LogP) is 0.955. The van der Waals surface area contributed by atoms with Crippen LogP contribution in [0.25, 0.3) is 0 Å². The summed E-state index contributed by atoms with van der Waals surface area (Å²) in [5.41, 5.74) is 5.71. The van der Waals surface area contributed by atoms with Crippen LogP contribution in [0.4, 0.5) is 0 Å². The maximum atomic E-state index is 8.85. The number of hydrogen-bond donors (Lipinski definition) is 3. The second-order valence-corrected chi connectivity index (χ2v) is 5.11. The molecular formula is C11H25N3O. The number of nitrogens with zero attached hydrogens (tertiary/aromatic N) is 1. The highest BCUT2D eigenvalue weighted by atomic mass is 16.3. The van der Waals surface area contributed by atoms with E-state index in [2.05, 4.69) is 38.0 Å². The van der Waals surface area contributed by atoms with Gasteiger partial charge in [0.2, 0.25) is 0 Å². The average molecular weight is 215 g/mol. The van der Waals surface area contributed by atoms with Crippen LogP contribution in [0.15, 0.2) is 4.99 Å². The van der Waals surface area contributed by atoms with E-state index in [1.807, 2.05) is 0 Å². The van der Waals surface area contributed by atoms with E-state index < -0.39 is 0 Å². The van der Waals surface area contributed by atoms with Gasteiger partial charge in [-0.2, -0.15) is 0 Å². The zero-order valence-electron chi connectivity index (χ0n) is 10.4. The number of aliphatic hydroxyl groups excluding tert-OH is 1. The Kier molecular flexibility index (Phi) is 6.32. The van der Waals surface area contributed by atoms with Crippen molar-refractivity contribution >= 4 is 5.96 Å². The van der Waals surface area contributed by atoms with Crippen LogP contribution in [0.1, 0.15) is 34.1 Å². The van der Waals surface area contributed by atoms with Crippen molar-refractivity contribution in [2.45, 2.75) is 34.1 Å². The average Bonchev–Trinajstić information content (AvgIpc) is 2.11. The number of nitrogens with one attached hydrogen (secondary N) is 1. The van der Waals surface area contributed by atoms with Gasteiger partial charge in [-0.3, -0.25) is 4.99 Å². The number of aliphatic imine (C=N–C) groups is 1. The lowest BCUT2D eigenvalue weighted by Gasteiger charge is -2.21. The van der Waals surface area contributed by atoms with Gasteiger partial charge in [0.05, 0.1) is 0 Å². The zero-order valence-corrected chi connectivity index (χ0v) is 10.4. The van der Waals surface area contributed by atoms with E-state index in [9.17, 15) is 0 Å². The molecule has 0 radical (unpaired) electrons. The third-order valence-corrected chi connectivity index (χ3v) is 2.16. The van der Waals surface area contributed by atoms with Crippen LogP contribution in [-0.4, -0.2) is 30.8 Å². The smallest absolute Gasteiger partial charge is 0.188 e. The fourth-order valence-electron chi connectivity index (χ4n) is 1.05. The summed E-state index contributed by atoms with van der Waals surface area (Å²) in [5.74, 6) is 1.05. The topological polar surface area (TPSA) is 70.6 Å². The van der Waals surface area contributed by atoms with E-state index in [1.165, 1.54) is 0 Å². The Labute approximate surface area is 93.0 Å². The Balaban J connectivity index is 3.93. The molecule has 0 heterocycles. The third-order valence-electron chi connectivity index (χ3n) is 2.16. The van der Waals surface area contributed by atoms with Gasteiger partial charge in [0.1, 0.15) is 0 Å². The van der Waals surface area contributed by atoms with Gasteiger partial charge < -0.3 is 16.2 Å². The monoisotopic (exact) mass is 215 g/mol. The van der Waals surface area contributed by atoms with Gasteiger partial charge in [0, 0.05) is 19.7 Å². The van der Waals surface area contributed by atoms with E-state index in [0.717, 1.165) is 13.0 Å². The largest absolute Gasteiger partial charge is 0.396 e. The highest BCUT2D eigenvalue weighted by Gasteiger charge is 2.16. The number of hydrogen-bond acceptors (Lipinski definition) is 2. The van der Waals surface area contributed by atoms with Crippen molar-refractivity contribution in [2.75, 3.05) is 19.7 Å². The van der Waals surface area contributed by atoms with Crippen molar-refractivity contribution in [3.8, 4) is 0 Å². The Hall–Kier alpha value is -0.770. The quantitative estimate of drug-likeness (QED) is 0.456. The summed E-state index contributed by atoms with van der Waals surface area (Å²) in [7, 11) is 0. The van der Waals surface area contributed by atoms with Crippen LogP contribution in [0.2, 0.25) is 0 Å². The molecule has 15 heavy (non-hydrogen) atoms. The molecular weight excluding hydrogens is 190 g/mol. The minimum atomic E-state index is 0.0128. The van der Waals surface area contributed by atoms with Gasteiger partial charge in [-0.25, -0.2) is 0 Å². The van der Waals surface area contributed by atoms with Gasteiger partial charge in [-0.1, -0.05) is 27.7 Å². The second kappa shape index (κ2) is 6.67. The van der Waals surface area contributed by atoms with Gasteiger partial charge in [-0.05, 0) is 17.8 Å². The molecule has 0 atom stereocenters. The van der Waals surface area contributed by atoms with Crippen molar-refractivity contribution in [1.82, 2.24) is 5.32 Å². The van der Waals surface area contributed by atoms with Crippen molar-refractivity contribution in [2.24, 2.45) is 22.1 Å². The third kappa shape index (κ3) is 8.24. The maximum absolute atomic E-state index is 8.85. The molecule has 0 aliphatic heterocycles. The lowest BCUT2D eigenvalue weighted by atomic mass is 9.90. The molecule has 0 rings (SSSR count). The fourth-order valence-corrected chi connectivity index (χ4v) is 1.05. The minimum absolute atomic E-state index is 0.0128. The standard InChI is InChI=1S/C11H25N3O/c1-9(2)7-13-10(12)14-8-11(3,4)5-6-15/h9,15H,5-8H2,1-4H3,(H3,12,13,14). The van der Waals surface area contributed by atoms with E-state index in [-0.39, 0.29) is 12.0 Å². The summed E-state index contributed by atoms with van der Waals surface area (Å²) in [6.45, 7) is 10.1. The first-order chi connectivity index (χ1) is 6.87. The number of nitrogens with two attached hydrogens (primary N) is 1. The van der Waals surface area contributed by atoms with Crippen LogP contribution in [0, 0.1) is 11.3 Å². The fraction of sp³-hybridized carbons (Fsp3) is 0.909. The Bertz CT molecular complexity index is 200. The summed E-state index contributed by atoms with van der Waals surface area (Å²) in [6.07, 6.45) is 0.744. The molecule has 0 spiro atoms. The predicted molar refractivity (Wildman–Crippen MR) is 64.8 cm³/mol. The molecule has 4 nitrogen and oxygen atoms in total. The Morgan fingerprint density at radius 3 is 2.53 bits per heavy atom. The maximum Gasteiger partial charge on any atom is 0.188 e. The molecule has 0 saturated carbocycles. The highest BCUT2D eigenvalue weighted by Crippen LogP contribution is 2.19. The molecule has 0 unspecified atom stereocenters. The number of rotatable bonds is 6. The first kappa shape index (κ1) is 14.2. The lowest BCUT2D eigenvalue weighted by Crippen LogP contribution is -2.35. The van der Waals surface area contributed by atoms with Crippen LogP contribution in [0.3, 0.4) is 0 Å². The van der Waals surface area contributed by atoms with Crippen LogP contribution in [-0.2, 0) is 0 Å². The molecule has 0 aromatic carbocycles. The van der Waals surface area contributed by atoms with Gasteiger partial charge in [0.25, 0.3) is 0 Å². The Morgan fingerprint density at radius 1 is 1.47 bits per heavy atom. The summed E-state index contributed by atoms with van der Waals surface area (Å²) < 4.78 is 0. The molecule has 0 fully saturated rings. The first-order valence-electron chi connectivity index (χ1n) is 5.52. The zero-order chi connectivity index (χ0) is 11.9. The summed E-state index contributed by atoms with van der Waals surface area (Å²) in [6, 6.07) is 0. The molecule has 4 heteroatoms. The van der Waals surface area contributed by atoms with Crippen molar-refractivity contribution in [3.05, 3.63) is 0 Å². The van der Waals surface area contributed by atoms with Crippen LogP contribution < -0.4 is 11.1 Å². The number of guanidine groups is 1. The van der Waals surface area contributed by atoms with E-state index in [0.29, 0.717) is 18.4 Å². The van der Waals surface area contributed by atoms with Crippen molar-refractivity contribution in [3.63, 3.8) is 0 Å². The van der Waals surface area contributed by atoms with E-state index >= 15 is 0 Å². The molecule has 90 valence electrons. The van der Waals surface area contributed by atoms with Crippen molar-refractivity contribution < 1.29 is 5.11 Å². The van der Waals surface area contributed by atoms with E-state index in [1.54, 1.807) is 0 Å². The van der Waals surface area contributed by atoms with Crippen LogP contribution in [0.5, 0.6) is 0 Å². The summed E-state index contributed by atoms with van der Waals surface area (Å²) >= 11 is 0. The highest BCUT2D eigenvalue weighted by molar-refractivity contribution is 5.77. The first-order valence-corrected chi connectivity index (χ1v) is 5.52. The van der Waals surface area contributed by atoms with Gasteiger partial charge in [0.15, 0.2) is 5.96 Å². The Morgan fingerprint density at radius 2 is 2.07 bits per heavy atom.